The van der Waals surface area contributed by atoms with Gasteiger partial charge in [-0.3, -0.25) is 0 Å². The van der Waals surface area contributed by atoms with Crippen molar-refractivity contribution in [2.75, 3.05) is 19.1 Å². The number of imidazole rings is 1. The number of hydrogen-bond donors (Lipinski definition) is 0. The summed E-state index contributed by atoms with van der Waals surface area (Å²) in [5.41, 5.74) is 2.31. The van der Waals surface area contributed by atoms with E-state index in [1.807, 2.05) is 0 Å². The molecule has 1 aliphatic heterocycles. The summed E-state index contributed by atoms with van der Waals surface area (Å²) < 4.78 is 9.07. The van der Waals surface area contributed by atoms with E-state index in [0.29, 0.717) is 11.9 Å². The Kier molecular flexibility index (Phi) is 4.29. The first kappa shape index (κ1) is 13.6. The number of alkyl halides is 1. The van der Waals surface area contributed by atoms with Gasteiger partial charge in [-0.05, 0) is 53.6 Å². The van der Waals surface area contributed by atoms with Crippen LogP contribution in [0.4, 0.5) is 0 Å². The molecule has 0 bridgehead atoms. The molecule has 1 fully saturated rings. The molecule has 2 aromatic rings. The summed E-state index contributed by atoms with van der Waals surface area (Å²) in [5.74, 6) is 1.72. The standard InChI is InChI=1S/C14H16ClIN2O/c15-6-3-14-17-12-9-10(16)1-2-13(12)18(14)11-4-7-19-8-5-11/h1-2,9,11H,3-8H2. The van der Waals surface area contributed by atoms with Gasteiger partial charge in [-0.15, -0.1) is 11.6 Å². The third-order valence-electron chi connectivity index (χ3n) is 3.60. The van der Waals surface area contributed by atoms with Crippen molar-refractivity contribution in [2.24, 2.45) is 0 Å². The first-order valence-electron chi connectivity index (χ1n) is 6.59. The van der Waals surface area contributed by atoms with Crippen LogP contribution in [-0.4, -0.2) is 28.6 Å². The predicted molar refractivity (Wildman–Crippen MR) is 86.0 cm³/mol. The number of rotatable bonds is 3. The van der Waals surface area contributed by atoms with Gasteiger partial charge in [0.25, 0.3) is 0 Å². The van der Waals surface area contributed by atoms with E-state index in [1.54, 1.807) is 0 Å². The largest absolute Gasteiger partial charge is 0.381 e. The highest BCUT2D eigenvalue weighted by atomic mass is 127. The number of aryl methyl sites for hydroxylation is 1. The molecule has 0 spiro atoms. The maximum absolute atomic E-state index is 5.93. The van der Waals surface area contributed by atoms with Gasteiger partial charge < -0.3 is 9.30 Å². The van der Waals surface area contributed by atoms with Crippen molar-refractivity contribution in [2.45, 2.75) is 25.3 Å². The maximum atomic E-state index is 5.93. The fourth-order valence-corrected chi connectivity index (χ4v) is 3.38. The lowest BCUT2D eigenvalue weighted by atomic mass is 10.1. The summed E-state index contributed by atoms with van der Waals surface area (Å²) in [6, 6.07) is 6.96. The Labute approximate surface area is 131 Å². The SMILES string of the molecule is ClCCc1nc2cc(I)ccc2n1C1CCOCC1. The molecule has 0 aliphatic carbocycles. The van der Waals surface area contributed by atoms with Crippen molar-refractivity contribution in [3.05, 3.63) is 27.6 Å². The molecule has 0 N–H and O–H groups in total. The van der Waals surface area contributed by atoms with Crippen LogP contribution >= 0.6 is 34.2 Å². The van der Waals surface area contributed by atoms with Crippen molar-refractivity contribution in [3.8, 4) is 0 Å². The fourth-order valence-electron chi connectivity index (χ4n) is 2.73. The summed E-state index contributed by atoms with van der Waals surface area (Å²) in [6.45, 7) is 1.68. The molecular formula is C14H16ClIN2O. The number of fused-ring (bicyclic) bond motifs is 1. The second kappa shape index (κ2) is 5.97. The minimum atomic E-state index is 0.497. The molecule has 19 heavy (non-hydrogen) atoms. The molecule has 0 atom stereocenters. The number of aromatic nitrogens is 2. The second-order valence-corrected chi connectivity index (χ2v) is 6.44. The summed E-state index contributed by atoms with van der Waals surface area (Å²) in [5, 5.41) is 0. The average molecular weight is 391 g/mol. The Morgan fingerprint density at radius 2 is 2.16 bits per heavy atom. The lowest BCUT2D eigenvalue weighted by Gasteiger charge is -2.25. The van der Waals surface area contributed by atoms with Crippen molar-refractivity contribution in [1.29, 1.82) is 0 Å². The molecular weight excluding hydrogens is 375 g/mol. The number of hydrogen-bond acceptors (Lipinski definition) is 2. The van der Waals surface area contributed by atoms with Crippen molar-refractivity contribution in [3.63, 3.8) is 0 Å². The van der Waals surface area contributed by atoms with E-state index in [9.17, 15) is 0 Å². The number of benzene rings is 1. The summed E-state index contributed by atoms with van der Waals surface area (Å²) in [6.07, 6.45) is 2.95. The molecule has 1 aliphatic rings. The normalized spacial score (nSPS) is 17.2. The first-order valence-corrected chi connectivity index (χ1v) is 8.21. The minimum Gasteiger partial charge on any atom is -0.381 e. The van der Waals surface area contributed by atoms with Gasteiger partial charge in [0.05, 0.1) is 11.0 Å². The number of nitrogens with zero attached hydrogens (tertiary/aromatic N) is 2. The van der Waals surface area contributed by atoms with Gasteiger partial charge in [-0.1, -0.05) is 0 Å². The molecule has 1 aromatic heterocycles. The van der Waals surface area contributed by atoms with Crippen LogP contribution in [0.15, 0.2) is 18.2 Å². The minimum absolute atomic E-state index is 0.497. The Hall–Kier alpha value is -0.330. The van der Waals surface area contributed by atoms with Crippen molar-refractivity contribution >= 4 is 45.2 Å². The smallest absolute Gasteiger partial charge is 0.111 e. The maximum Gasteiger partial charge on any atom is 0.111 e. The highest BCUT2D eigenvalue weighted by molar-refractivity contribution is 14.1. The third-order valence-corrected chi connectivity index (χ3v) is 4.46. The molecule has 1 saturated heterocycles. The number of ether oxygens (including phenoxy) is 1. The van der Waals surface area contributed by atoms with Gasteiger partial charge in [0.15, 0.2) is 0 Å². The van der Waals surface area contributed by atoms with E-state index in [4.69, 9.17) is 21.3 Å². The van der Waals surface area contributed by atoms with Gasteiger partial charge in [0.2, 0.25) is 0 Å². The van der Waals surface area contributed by atoms with E-state index in [0.717, 1.165) is 43.8 Å². The molecule has 0 unspecified atom stereocenters. The Balaban J connectivity index is 2.09. The van der Waals surface area contributed by atoms with Crippen molar-refractivity contribution < 1.29 is 4.74 Å². The van der Waals surface area contributed by atoms with E-state index < -0.39 is 0 Å². The van der Waals surface area contributed by atoms with Gasteiger partial charge >= 0.3 is 0 Å². The quantitative estimate of drug-likeness (QED) is 0.589. The summed E-state index contributed by atoms with van der Waals surface area (Å²) in [4.78, 5) is 4.77. The lowest BCUT2D eigenvalue weighted by Crippen LogP contribution is -2.21. The van der Waals surface area contributed by atoms with Crippen LogP contribution in [0.2, 0.25) is 0 Å². The highest BCUT2D eigenvalue weighted by Gasteiger charge is 2.21. The zero-order valence-corrected chi connectivity index (χ0v) is 13.5. The van der Waals surface area contributed by atoms with Crippen molar-refractivity contribution in [1.82, 2.24) is 9.55 Å². The average Bonchev–Trinajstić information content (AvgIpc) is 2.77. The molecule has 2 heterocycles. The van der Waals surface area contributed by atoms with Crippen LogP contribution in [0.3, 0.4) is 0 Å². The fraction of sp³-hybridized carbons (Fsp3) is 0.500. The van der Waals surface area contributed by atoms with Crippen LogP contribution < -0.4 is 0 Å². The van der Waals surface area contributed by atoms with E-state index in [2.05, 4.69) is 45.4 Å². The Morgan fingerprint density at radius 3 is 2.89 bits per heavy atom. The van der Waals surface area contributed by atoms with Gasteiger partial charge in [0, 0.05) is 35.1 Å². The van der Waals surface area contributed by atoms with Gasteiger partial charge in [0.1, 0.15) is 5.82 Å². The van der Waals surface area contributed by atoms with E-state index >= 15 is 0 Å². The molecule has 0 saturated carbocycles. The third kappa shape index (κ3) is 2.76. The molecule has 0 amide bonds. The second-order valence-electron chi connectivity index (χ2n) is 4.81. The van der Waals surface area contributed by atoms with E-state index in [1.165, 1.54) is 9.09 Å². The predicted octanol–water partition coefficient (Wildman–Crippen LogP) is 3.77. The molecule has 1 aromatic carbocycles. The molecule has 5 heteroatoms. The molecule has 3 rings (SSSR count). The molecule has 0 radical (unpaired) electrons. The topological polar surface area (TPSA) is 27.1 Å². The summed E-state index contributed by atoms with van der Waals surface area (Å²) >= 11 is 8.26. The van der Waals surface area contributed by atoms with Crippen LogP contribution in [0, 0.1) is 3.57 Å². The Morgan fingerprint density at radius 1 is 1.37 bits per heavy atom. The lowest BCUT2D eigenvalue weighted by molar-refractivity contribution is 0.0699. The number of halogens is 2. The molecule has 102 valence electrons. The van der Waals surface area contributed by atoms with E-state index in [-0.39, 0.29) is 0 Å². The van der Waals surface area contributed by atoms with Gasteiger partial charge in [-0.25, -0.2) is 4.98 Å². The van der Waals surface area contributed by atoms with Crippen LogP contribution in [0.25, 0.3) is 11.0 Å². The monoisotopic (exact) mass is 390 g/mol. The Bertz CT molecular complexity index is 578. The van der Waals surface area contributed by atoms with Crippen LogP contribution in [-0.2, 0) is 11.2 Å². The first-order chi connectivity index (χ1) is 9.29. The van der Waals surface area contributed by atoms with Crippen LogP contribution in [0.5, 0.6) is 0 Å². The zero-order chi connectivity index (χ0) is 13.2. The van der Waals surface area contributed by atoms with Gasteiger partial charge in [-0.2, -0.15) is 0 Å². The van der Waals surface area contributed by atoms with Crippen LogP contribution in [0.1, 0.15) is 24.7 Å². The summed E-state index contributed by atoms with van der Waals surface area (Å²) in [7, 11) is 0. The zero-order valence-electron chi connectivity index (χ0n) is 10.6. The molecule has 3 nitrogen and oxygen atoms in total. The highest BCUT2D eigenvalue weighted by Crippen LogP contribution is 2.29.